The number of benzene rings is 1. The lowest BCUT2D eigenvalue weighted by Crippen LogP contribution is -2.51. The lowest BCUT2D eigenvalue weighted by molar-refractivity contribution is 0.0795. The van der Waals surface area contributed by atoms with Gasteiger partial charge in [-0.25, -0.2) is 8.42 Å². The Labute approximate surface area is 196 Å². The number of aryl methyl sites for hydroxylation is 2. The number of halogens is 1. The number of hydrogen-bond donors (Lipinski definition) is 0. The van der Waals surface area contributed by atoms with Crippen LogP contribution in [0.3, 0.4) is 0 Å². The predicted octanol–water partition coefficient (Wildman–Crippen LogP) is 2.99. The molecule has 1 aromatic heterocycles. The van der Waals surface area contributed by atoms with Crippen LogP contribution in [-0.2, 0) is 22.8 Å². The Hall–Kier alpha value is -1.67. The van der Waals surface area contributed by atoms with Crippen molar-refractivity contribution in [1.82, 2.24) is 14.4 Å². The van der Waals surface area contributed by atoms with Gasteiger partial charge in [0.15, 0.2) is 15.6 Å². The molecule has 0 bridgehead atoms. The molecule has 2 aliphatic heterocycles. The van der Waals surface area contributed by atoms with Gasteiger partial charge >= 0.3 is 0 Å². The van der Waals surface area contributed by atoms with Crippen LogP contribution in [0, 0.1) is 13.8 Å². The molecule has 32 heavy (non-hydrogen) atoms. The molecule has 8 heteroatoms. The van der Waals surface area contributed by atoms with Gasteiger partial charge in [-0.1, -0.05) is 23.7 Å². The second-order valence-electron chi connectivity index (χ2n) is 9.11. The van der Waals surface area contributed by atoms with Crippen molar-refractivity contribution in [3.8, 4) is 0 Å². The first kappa shape index (κ1) is 23.5. The predicted molar refractivity (Wildman–Crippen MR) is 128 cm³/mol. The smallest absolute Gasteiger partial charge is 0.178 e. The highest BCUT2D eigenvalue weighted by Crippen LogP contribution is 2.21. The fraction of sp³-hybridized carbons (Fsp3) is 0.542. The fourth-order valence-electron chi connectivity index (χ4n) is 4.96. The van der Waals surface area contributed by atoms with Crippen LogP contribution in [0.25, 0.3) is 0 Å². The molecule has 174 valence electrons. The quantitative estimate of drug-likeness (QED) is 0.574. The summed E-state index contributed by atoms with van der Waals surface area (Å²) in [5, 5.41) is 0.740. The zero-order chi connectivity index (χ0) is 22.9. The van der Waals surface area contributed by atoms with Crippen molar-refractivity contribution >= 4 is 27.2 Å². The summed E-state index contributed by atoms with van der Waals surface area (Å²) in [6, 6.07) is 10.1. The van der Waals surface area contributed by atoms with E-state index in [1.807, 2.05) is 37.3 Å². The number of rotatable bonds is 7. The van der Waals surface area contributed by atoms with Crippen LogP contribution in [0.5, 0.6) is 0 Å². The van der Waals surface area contributed by atoms with Crippen molar-refractivity contribution < 1.29 is 13.2 Å². The summed E-state index contributed by atoms with van der Waals surface area (Å²) in [6.45, 7) is 8.59. The lowest BCUT2D eigenvalue weighted by atomic mass is 10.1. The van der Waals surface area contributed by atoms with Crippen LogP contribution in [0.15, 0.2) is 30.3 Å². The van der Waals surface area contributed by atoms with Crippen molar-refractivity contribution in [3.05, 3.63) is 57.9 Å². The minimum atomic E-state index is -2.86. The van der Waals surface area contributed by atoms with Gasteiger partial charge in [-0.3, -0.25) is 14.6 Å². The van der Waals surface area contributed by atoms with Crippen LogP contribution >= 0.6 is 11.6 Å². The topological polar surface area (TPSA) is 62.6 Å². The van der Waals surface area contributed by atoms with Gasteiger partial charge < -0.3 is 4.57 Å². The van der Waals surface area contributed by atoms with Gasteiger partial charge in [0, 0.05) is 60.7 Å². The van der Waals surface area contributed by atoms with E-state index in [-0.39, 0.29) is 17.6 Å². The van der Waals surface area contributed by atoms with E-state index in [0.29, 0.717) is 12.3 Å². The summed E-state index contributed by atoms with van der Waals surface area (Å²) < 4.78 is 25.7. The summed E-state index contributed by atoms with van der Waals surface area (Å²) in [5.74, 6) is 0.755. The molecule has 1 aromatic carbocycles. The third-order valence-corrected chi connectivity index (χ3v) is 8.91. The number of sulfone groups is 1. The molecule has 3 heterocycles. The van der Waals surface area contributed by atoms with Gasteiger partial charge in [-0.2, -0.15) is 0 Å². The van der Waals surface area contributed by atoms with Gasteiger partial charge in [0.25, 0.3) is 0 Å². The molecule has 0 radical (unpaired) electrons. The minimum absolute atomic E-state index is 0.150. The van der Waals surface area contributed by atoms with Gasteiger partial charge in [0.2, 0.25) is 0 Å². The van der Waals surface area contributed by atoms with E-state index in [1.54, 1.807) is 0 Å². The van der Waals surface area contributed by atoms with Gasteiger partial charge in [0.05, 0.1) is 18.1 Å². The third-order valence-electron chi connectivity index (χ3n) is 6.91. The Morgan fingerprint density at radius 1 is 1.09 bits per heavy atom. The molecular formula is C24H32ClN3O3S. The number of nitrogens with zero attached hydrogens (tertiary/aromatic N) is 3. The van der Waals surface area contributed by atoms with Crippen molar-refractivity contribution in [2.24, 2.45) is 0 Å². The van der Waals surface area contributed by atoms with E-state index in [0.717, 1.165) is 67.5 Å². The number of aromatic nitrogens is 1. The molecule has 2 saturated heterocycles. The van der Waals surface area contributed by atoms with E-state index in [4.69, 9.17) is 11.6 Å². The standard InChI is InChI=1S/C24H32ClN3O3S/c1-18-15-23(19(2)28(18)9-7-20-3-5-21(25)6-4-20)24(29)16-26-10-12-27(13-11-26)22-8-14-32(30,31)17-22/h3-6,15,22H,7-14,16-17H2,1-2H3/t22-/m1/s1. The monoisotopic (exact) mass is 477 g/mol. The number of carbonyl (C=O) groups is 1. The fourth-order valence-corrected chi connectivity index (χ4v) is 6.85. The van der Waals surface area contributed by atoms with Crippen molar-refractivity contribution in [3.63, 3.8) is 0 Å². The Bertz CT molecular complexity index is 1070. The zero-order valence-electron chi connectivity index (χ0n) is 18.9. The summed E-state index contributed by atoms with van der Waals surface area (Å²) in [5.41, 5.74) is 4.16. The molecule has 2 aliphatic rings. The molecule has 0 saturated carbocycles. The Morgan fingerprint density at radius 3 is 2.41 bits per heavy atom. The summed E-state index contributed by atoms with van der Waals surface area (Å²) in [7, 11) is -2.86. The van der Waals surface area contributed by atoms with E-state index in [1.165, 1.54) is 5.56 Å². The molecule has 0 N–H and O–H groups in total. The maximum absolute atomic E-state index is 13.1. The maximum Gasteiger partial charge on any atom is 0.178 e. The second kappa shape index (κ2) is 9.67. The highest BCUT2D eigenvalue weighted by Gasteiger charge is 2.34. The van der Waals surface area contributed by atoms with Crippen LogP contribution < -0.4 is 0 Å². The highest BCUT2D eigenvalue weighted by atomic mass is 35.5. The third kappa shape index (κ3) is 5.45. The Morgan fingerprint density at radius 2 is 1.78 bits per heavy atom. The molecule has 0 amide bonds. The molecule has 2 fully saturated rings. The van der Waals surface area contributed by atoms with Crippen LogP contribution in [0.2, 0.25) is 5.02 Å². The summed E-state index contributed by atoms with van der Waals surface area (Å²) in [4.78, 5) is 17.6. The van der Waals surface area contributed by atoms with Crippen LogP contribution in [-0.4, -0.2) is 78.8 Å². The first-order valence-corrected chi connectivity index (χ1v) is 13.5. The maximum atomic E-state index is 13.1. The first-order valence-electron chi connectivity index (χ1n) is 11.3. The second-order valence-corrected chi connectivity index (χ2v) is 11.8. The molecule has 4 rings (SSSR count). The number of Topliss-reactive ketones (excluding diaryl/α,β-unsaturated/α-hetero) is 1. The normalized spacial score (nSPS) is 21.8. The average molecular weight is 478 g/mol. The molecule has 0 unspecified atom stereocenters. The molecule has 1 atom stereocenters. The lowest BCUT2D eigenvalue weighted by Gasteiger charge is -2.37. The van der Waals surface area contributed by atoms with Gasteiger partial charge in [-0.05, 0) is 50.5 Å². The largest absolute Gasteiger partial charge is 0.348 e. The van der Waals surface area contributed by atoms with E-state index >= 15 is 0 Å². The number of piperazine rings is 1. The number of hydrogen-bond acceptors (Lipinski definition) is 5. The Balaban J connectivity index is 1.32. The molecule has 0 aliphatic carbocycles. The number of ketones is 1. The SMILES string of the molecule is Cc1cc(C(=O)CN2CCN([C@@H]3CCS(=O)(=O)C3)CC2)c(C)n1CCc1ccc(Cl)cc1. The molecule has 6 nitrogen and oxygen atoms in total. The van der Waals surface area contributed by atoms with Crippen LogP contribution in [0.1, 0.15) is 33.7 Å². The first-order chi connectivity index (χ1) is 15.2. The van der Waals surface area contributed by atoms with E-state index in [9.17, 15) is 13.2 Å². The van der Waals surface area contributed by atoms with Gasteiger partial charge in [-0.15, -0.1) is 0 Å². The molecule has 0 spiro atoms. The average Bonchev–Trinajstić information content (AvgIpc) is 3.26. The highest BCUT2D eigenvalue weighted by molar-refractivity contribution is 7.91. The number of carbonyl (C=O) groups excluding carboxylic acids is 1. The van der Waals surface area contributed by atoms with E-state index < -0.39 is 9.84 Å². The summed E-state index contributed by atoms with van der Waals surface area (Å²) >= 11 is 5.98. The molecular weight excluding hydrogens is 446 g/mol. The van der Waals surface area contributed by atoms with Crippen molar-refractivity contribution in [2.45, 2.75) is 39.3 Å². The van der Waals surface area contributed by atoms with E-state index in [2.05, 4.69) is 21.3 Å². The minimum Gasteiger partial charge on any atom is -0.348 e. The van der Waals surface area contributed by atoms with Gasteiger partial charge in [0.1, 0.15) is 0 Å². The molecule has 2 aromatic rings. The van der Waals surface area contributed by atoms with Crippen molar-refractivity contribution in [1.29, 1.82) is 0 Å². The van der Waals surface area contributed by atoms with Crippen LogP contribution in [0.4, 0.5) is 0 Å². The van der Waals surface area contributed by atoms with Crippen molar-refractivity contribution in [2.75, 3.05) is 44.2 Å². The Kier molecular flexibility index (Phi) is 7.10. The summed E-state index contributed by atoms with van der Waals surface area (Å²) in [6.07, 6.45) is 1.63. The zero-order valence-corrected chi connectivity index (χ0v) is 20.5.